The SMILES string of the molecule is CCN1CCC(Cc2nc3cccnc3n2CC(C)C)C1. The minimum absolute atomic E-state index is 0.610. The number of aromatic nitrogens is 3. The number of nitrogens with zero attached hydrogens (tertiary/aromatic N) is 4. The molecule has 0 spiro atoms. The van der Waals surface area contributed by atoms with Crippen molar-refractivity contribution in [3.8, 4) is 0 Å². The maximum Gasteiger partial charge on any atom is 0.159 e. The number of imidazole rings is 1. The molecule has 0 N–H and O–H groups in total. The molecule has 21 heavy (non-hydrogen) atoms. The first-order valence-corrected chi connectivity index (χ1v) is 8.19. The van der Waals surface area contributed by atoms with Crippen molar-refractivity contribution in [2.24, 2.45) is 11.8 Å². The Morgan fingerprint density at radius 1 is 1.38 bits per heavy atom. The quantitative estimate of drug-likeness (QED) is 0.847. The minimum atomic E-state index is 0.610. The van der Waals surface area contributed by atoms with E-state index in [0.29, 0.717) is 5.92 Å². The molecule has 1 aliphatic rings. The van der Waals surface area contributed by atoms with E-state index in [1.54, 1.807) is 0 Å². The summed E-state index contributed by atoms with van der Waals surface area (Å²) in [6.45, 7) is 11.4. The Kier molecular flexibility index (Phi) is 4.24. The van der Waals surface area contributed by atoms with Crippen LogP contribution in [0, 0.1) is 11.8 Å². The van der Waals surface area contributed by atoms with Crippen LogP contribution in [0.25, 0.3) is 11.2 Å². The maximum atomic E-state index is 4.86. The van der Waals surface area contributed by atoms with Gasteiger partial charge in [-0.1, -0.05) is 20.8 Å². The molecule has 0 amide bonds. The molecule has 0 radical (unpaired) electrons. The lowest BCUT2D eigenvalue weighted by Gasteiger charge is -2.15. The smallest absolute Gasteiger partial charge is 0.159 e. The Morgan fingerprint density at radius 3 is 2.95 bits per heavy atom. The summed E-state index contributed by atoms with van der Waals surface area (Å²) in [5.74, 6) is 2.58. The van der Waals surface area contributed by atoms with Gasteiger partial charge in [0.1, 0.15) is 11.3 Å². The van der Waals surface area contributed by atoms with Gasteiger partial charge >= 0.3 is 0 Å². The molecule has 3 heterocycles. The van der Waals surface area contributed by atoms with Gasteiger partial charge in [-0.2, -0.15) is 0 Å². The lowest BCUT2D eigenvalue weighted by atomic mass is 10.0. The van der Waals surface area contributed by atoms with Crippen molar-refractivity contribution >= 4 is 11.2 Å². The molecule has 1 fully saturated rings. The van der Waals surface area contributed by atoms with Crippen LogP contribution in [0.4, 0.5) is 0 Å². The van der Waals surface area contributed by atoms with Crippen LogP contribution in [-0.2, 0) is 13.0 Å². The summed E-state index contributed by atoms with van der Waals surface area (Å²) in [5, 5.41) is 0. The third-order valence-electron chi connectivity index (χ3n) is 4.42. The molecule has 0 aromatic carbocycles. The van der Waals surface area contributed by atoms with Crippen molar-refractivity contribution in [2.75, 3.05) is 19.6 Å². The van der Waals surface area contributed by atoms with Gasteiger partial charge in [0.2, 0.25) is 0 Å². The zero-order valence-electron chi connectivity index (χ0n) is 13.4. The van der Waals surface area contributed by atoms with Crippen LogP contribution in [0.2, 0.25) is 0 Å². The molecule has 0 saturated carbocycles. The van der Waals surface area contributed by atoms with Crippen molar-refractivity contribution in [1.29, 1.82) is 0 Å². The van der Waals surface area contributed by atoms with Crippen LogP contribution in [0.1, 0.15) is 33.0 Å². The van der Waals surface area contributed by atoms with Crippen molar-refractivity contribution in [3.05, 3.63) is 24.2 Å². The molecule has 114 valence electrons. The largest absolute Gasteiger partial charge is 0.312 e. The summed E-state index contributed by atoms with van der Waals surface area (Å²) in [7, 11) is 0. The number of likely N-dealkylation sites (tertiary alicyclic amines) is 1. The van der Waals surface area contributed by atoms with E-state index < -0.39 is 0 Å². The molecule has 4 heteroatoms. The topological polar surface area (TPSA) is 34.0 Å². The van der Waals surface area contributed by atoms with E-state index in [4.69, 9.17) is 4.98 Å². The van der Waals surface area contributed by atoms with Gasteiger partial charge in [0.15, 0.2) is 5.65 Å². The van der Waals surface area contributed by atoms with Gasteiger partial charge in [-0.15, -0.1) is 0 Å². The molecule has 1 aliphatic heterocycles. The first-order chi connectivity index (χ1) is 10.2. The summed E-state index contributed by atoms with van der Waals surface area (Å²) in [5.41, 5.74) is 2.09. The van der Waals surface area contributed by atoms with Gasteiger partial charge in [0, 0.05) is 25.7 Å². The standard InChI is InChI=1S/C17H26N4/c1-4-20-9-7-14(12-20)10-16-19-15-6-5-8-18-17(15)21(16)11-13(2)3/h5-6,8,13-14H,4,7,9-12H2,1-3H3. The molecular formula is C17H26N4. The Balaban J connectivity index is 1.86. The first kappa shape index (κ1) is 14.5. The van der Waals surface area contributed by atoms with Gasteiger partial charge in [0.05, 0.1) is 0 Å². The molecule has 2 aromatic heterocycles. The van der Waals surface area contributed by atoms with Gasteiger partial charge in [-0.3, -0.25) is 0 Å². The van der Waals surface area contributed by atoms with E-state index in [0.717, 1.165) is 30.0 Å². The summed E-state index contributed by atoms with van der Waals surface area (Å²) >= 11 is 0. The van der Waals surface area contributed by atoms with Crippen molar-refractivity contribution in [1.82, 2.24) is 19.4 Å². The molecule has 0 aliphatic carbocycles. The predicted molar refractivity (Wildman–Crippen MR) is 86.3 cm³/mol. The van der Waals surface area contributed by atoms with Crippen molar-refractivity contribution in [3.63, 3.8) is 0 Å². The second kappa shape index (κ2) is 6.14. The Labute approximate surface area is 127 Å². The van der Waals surface area contributed by atoms with Crippen LogP contribution < -0.4 is 0 Å². The van der Waals surface area contributed by atoms with Crippen LogP contribution in [0.5, 0.6) is 0 Å². The van der Waals surface area contributed by atoms with Crippen LogP contribution >= 0.6 is 0 Å². The van der Waals surface area contributed by atoms with E-state index in [2.05, 4.69) is 41.3 Å². The summed E-state index contributed by atoms with van der Waals surface area (Å²) in [6, 6.07) is 4.06. The van der Waals surface area contributed by atoms with Crippen molar-refractivity contribution in [2.45, 2.75) is 40.2 Å². The van der Waals surface area contributed by atoms with Crippen LogP contribution in [0.15, 0.2) is 18.3 Å². The maximum absolute atomic E-state index is 4.86. The second-order valence-electron chi connectivity index (χ2n) is 6.63. The minimum Gasteiger partial charge on any atom is -0.312 e. The zero-order valence-corrected chi connectivity index (χ0v) is 13.4. The highest BCUT2D eigenvalue weighted by Crippen LogP contribution is 2.23. The number of pyridine rings is 1. The summed E-state index contributed by atoms with van der Waals surface area (Å²) in [4.78, 5) is 12.0. The summed E-state index contributed by atoms with van der Waals surface area (Å²) < 4.78 is 2.34. The lowest BCUT2D eigenvalue weighted by molar-refractivity contribution is 0.339. The fourth-order valence-electron chi connectivity index (χ4n) is 3.34. The number of fused-ring (bicyclic) bond motifs is 1. The van der Waals surface area contributed by atoms with E-state index >= 15 is 0 Å². The zero-order chi connectivity index (χ0) is 14.8. The predicted octanol–water partition coefficient (Wildman–Crippen LogP) is 2.97. The molecule has 3 rings (SSSR count). The van der Waals surface area contributed by atoms with E-state index in [1.807, 2.05) is 12.3 Å². The molecule has 1 unspecified atom stereocenters. The highest BCUT2D eigenvalue weighted by atomic mass is 15.2. The highest BCUT2D eigenvalue weighted by molar-refractivity contribution is 5.71. The molecular weight excluding hydrogens is 260 g/mol. The fraction of sp³-hybridized carbons (Fsp3) is 0.647. The Morgan fingerprint density at radius 2 is 2.24 bits per heavy atom. The van der Waals surface area contributed by atoms with Crippen LogP contribution in [0.3, 0.4) is 0 Å². The van der Waals surface area contributed by atoms with Crippen molar-refractivity contribution < 1.29 is 0 Å². The van der Waals surface area contributed by atoms with Gasteiger partial charge in [0.25, 0.3) is 0 Å². The Bertz CT molecular complexity index is 602. The van der Waals surface area contributed by atoms with E-state index in [1.165, 1.54) is 31.9 Å². The van der Waals surface area contributed by atoms with Gasteiger partial charge in [-0.25, -0.2) is 9.97 Å². The number of rotatable bonds is 5. The molecule has 1 saturated heterocycles. The Hall–Kier alpha value is -1.42. The van der Waals surface area contributed by atoms with Gasteiger partial charge < -0.3 is 9.47 Å². The molecule has 4 nitrogen and oxygen atoms in total. The third-order valence-corrected chi connectivity index (χ3v) is 4.42. The monoisotopic (exact) mass is 286 g/mol. The fourth-order valence-corrected chi connectivity index (χ4v) is 3.34. The number of hydrogen-bond acceptors (Lipinski definition) is 3. The van der Waals surface area contributed by atoms with E-state index in [9.17, 15) is 0 Å². The summed E-state index contributed by atoms with van der Waals surface area (Å²) in [6.07, 6.45) is 4.25. The average molecular weight is 286 g/mol. The first-order valence-electron chi connectivity index (χ1n) is 8.19. The normalized spacial score (nSPS) is 19.9. The third kappa shape index (κ3) is 3.10. The second-order valence-corrected chi connectivity index (χ2v) is 6.63. The van der Waals surface area contributed by atoms with Gasteiger partial charge in [-0.05, 0) is 43.5 Å². The average Bonchev–Trinajstić information content (AvgIpc) is 3.05. The van der Waals surface area contributed by atoms with Crippen LogP contribution in [-0.4, -0.2) is 39.1 Å². The molecule has 0 bridgehead atoms. The van der Waals surface area contributed by atoms with E-state index in [-0.39, 0.29) is 0 Å². The molecule has 1 atom stereocenters. The lowest BCUT2D eigenvalue weighted by Crippen LogP contribution is -2.21. The highest BCUT2D eigenvalue weighted by Gasteiger charge is 2.24. The molecule has 2 aromatic rings. The number of hydrogen-bond donors (Lipinski definition) is 0.